The molecule has 18 heavy (non-hydrogen) atoms. The van der Waals surface area contributed by atoms with Gasteiger partial charge in [-0.1, -0.05) is 0 Å². The second-order valence-corrected chi connectivity index (χ2v) is 5.62. The first-order chi connectivity index (χ1) is 8.61. The maximum atomic E-state index is 4.51. The van der Waals surface area contributed by atoms with Gasteiger partial charge in [-0.25, -0.2) is 15.0 Å². The largest absolute Gasteiger partial charge is 0.241 e. The Bertz CT molecular complexity index is 711. The summed E-state index contributed by atoms with van der Waals surface area (Å²) < 4.78 is 1.21. The van der Waals surface area contributed by atoms with Crippen LogP contribution in [0.2, 0.25) is 0 Å². The summed E-state index contributed by atoms with van der Waals surface area (Å²) in [5.74, 6) is 0.778. The second kappa shape index (κ2) is 4.14. The van der Waals surface area contributed by atoms with E-state index in [4.69, 9.17) is 0 Å². The van der Waals surface area contributed by atoms with Crippen molar-refractivity contribution in [2.45, 2.75) is 20.8 Å². The molecule has 0 fully saturated rings. The van der Waals surface area contributed by atoms with Crippen LogP contribution in [0.15, 0.2) is 24.3 Å². The second-order valence-electron chi connectivity index (χ2n) is 4.39. The topological polar surface area (TPSA) is 38.7 Å². The number of thiazole rings is 1. The molecule has 0 saturated carbocycles. The Hall–Kier alpha value is -1.81. The monoisotopic (exact) mass is 255 g/mol. The van der Waals surface area contributed by atoms with Crippen molar-refractivity contribution in [3.05, 3.63) is 40.7 Å². The number of hydrogen-bond acceptors (Lipinski definition) is 4. The Morgan fingerprint density at radius 2 is 1.61 bits per heavy atom. The van der Waals surface area contributed by atoms with E-state index in [1.807, 2.05) is 26.8 Å². The predicted molar refractivity (Wildman–Crippen MR) is 74.9 cm³/mol. The van der Waals surface area contributed by atoms with Crippen LogP contribution in [0.25, 0.3) is 21.6 Å². The summed E-state index contributed by atoms with van der Waals surface area (Å²) in [5, 5.41) is 1.09. The molecule has 3 rings (SSSR count). The van der Waals surface area contributed by atoms with Crippen LogP contribution in [0.3, 0.4) is 0 Å². The van der Waals surface area contributed by atoms with Gasteiger partial charge in [-0.05, 0) is 45.0 Å². The molecule has 2 aromatic heterocycles. The highest BCUT2D eigenvalue weighted by atomic mass is 32.1. The predicted octanol–water partition coefficient (Wildman–Crippen LogP) is 3.68. The van der Waals surface area contributed by atoms with E-state index in [0.29, 0.717) is 0 Å². The molecule has 3 aromatic rings. The lowest BCUT2D eigenvalue weighted by molar-refractivity contribution is 1.06. The Kier molecular flexibility index (Phi) is 2.59. The van der Waals surface area contributed by atoms with Crippen molar-refractivity contribution in [2.24, 2.45) is 0 Å². The van der Waals surface area contributed by atoms with Crippen molar-refractivity contribution in [3.8, 4) is 11.4 Å². The van der Waals surface area contributed by atoms with Crippen LogP contribution in [-0.4, -0.2) is 15.0 Å². The summed E-state index contributed by atoms with van der Waals surface area (Å²) in [5.41, 5.74) is 4.04. The minimum Gasteiger partial charge on any atom is -0.241 e. The van der Waals surface area contributed by atoms with Gasteiger partial charge in [0.25, 0.3) is 0 Å². The maximum Gasteiger partial charge on any atom is 0.159 e. The fourth-order valence-corrected chi connectivity index (χ4v) is 2.84. The molecule has 0 aliphatic heterocycles. The molecule has 0 radical (unpaired) electrons. The van der Waals surface area contributed by atoms with Gasteiger partial charge in [0.2, 0.25) is 0 Å². The Balaban J connectivity index is 2.18. The zero-order valence-corrected chi connectivity index (χ0v) is 11.4. The molecule has 0 atom stereocenters. The SMILES string of the molecule is Cc1cc(C)nc(-c2ccc3sc(C)nc3c2)n1. The smallest absolute Gasteiger partial charge is 0.159 e. The van der Waals surface area contributed by atoms with Crippen LogP contribution in [0.1, 0.15) is 16.4 Å². The number of hydrogen-bond donors (Lipinski definition) is 0. The van der Waals surface area contributed by atoms with Gasteiger partial charge in [0.05, 0.1) is 15.2 Å². The van der Waals surface area contributed by atoms with E-state index < -0.39 is 0 Å². The number of nitrogens with zero attached hydrogens (tertiary/aromatic N) is 3. The first-order valence-corrected chi connectivity index (χ1v) is 6.63. The number of rotatable bonds is 1. The van der Waals surface area contributed by atoms with E-state index in [1.165, 1.54) is 4.70 Å². The highest BCUT2D eigenvalue weighted by Crippen LogP contribution is 2.26. The zero-order chi connectivity index (χ0) is 12.7. The van der Waals surface area contributed by atoms with Gasteiger partial charge in [-0.3, -0.25) is 0 Å². The first kappa shape index (κ1) is 11.3. The molecule has 90 valence electrons. The van der Waals surface area contributed by atoms with E-state index in [9.17, 15) is 0 Å². The Labute approximate surface area is 110 Å². The Morgan fingerprint density at radius 3 is 2.33 bits per heavy atom. The fraction of sp³-hybridized carbons (Fsp3) is 0.214. The minimum atomic E-state index is 0.778. The average Bonchev–Trinajstić information content (AvgIpc) is 2.66. The molecule has 0 unspecified atom stereocenters. The van der Waals surface area contributed by atoms with E-state index in [1.54, 1.807) is 11.3 Å². The van der Waals surface area contributed by atoms with Gasteiger partial charge < -0.3 is 0 Å². The molecule has 1 aromatic carbocycles. The highest BCUT2D eigenvalue weighted by Gasteiger charge is 2.06. The molecule has 3 nitrogen and oxygen atoms in total. The van der Waals surface area contributed by atoms with Gasteiger partial charge in [0, 0.05) is 17.0 Å². The van der Waals surface area contributed by atoms with Crippen LogP contribution in [-0.2, 0) is 0 Å². The molecule has 0 bridgehead atoms. The summed E-state index contributed by atoms with van der Waals surface area (Å²) in [6.07, 6.45) is 0. The summed E-state index contributed by atoms with van der Waals surface area (Å²) in [6.45, 7) is 6.01. The van der Waals surface area contributed by atoms with Crippen LogP contribution in [0, 0.1) is 20.8 Å². The number of aromatic nitrogens is 3. The van der Waals surface area contributed by atoms with E-state index in [2.05, 4.69) is 33.2 Å². The molecule has 0 N–H and O–H groups in total. The average molecular weight is 255 g/mol. The number of aryl methyl sites for hydroxylation is 3. The molecule has 0 saturated heterocycles. The van der Waals surface area contributed by atoms with Crippen molar-refractivity contribution in [3.63, 3.8) is 0 Å². The molecule has 2 heterocycles. The lowest BCUT2D eigenvalue weighted by atomic mass is 10.2. The van der Waals surface area contributed by atoms with Crippen molar-refractivity contribution in [1.29, 1.82) is 0 Å². The molecule has 0 spiro atoms. The molecule has 4 heteroatoms. The zero-order valence-electron chi connectivity index (χ0n) is 10.6. The molecule has 0 aliphatic rings. The van der Waals surface area contributed by atoms with Gasteiger partial charge in [0.15, 0.2) is 5.82 Å². The van der Waals surface area contributed by atoms with Crippen LogP contribution >= 0.6 is 11.3 Å². The van der Waals surface area contributed by atoms with Gasteiger partial charge in [-0.2, -0.15) is 0 Å². The van der Waals surface area contributed by atoms with E-state index >= 15 is 0 Å². The Morgan fingerprint density at radius 1 is 0.889 bits per heavy atom. The van der Waals surface area contributed by atoms with Crippen molar-refractivity contribution < 1.29 is 0 Å². The third-order valence-electron chi connectivity index (χ3n) is 2.73. The van der Waals surface area contributed by atoms with Crippen LogP contribution < -0.4 is 0 Å². The summed E-state index contributed by atoms with van der Waals surface area (Å²) >= 11 is 1.71. The highest BCUT2D eigenvalue weighted by molar-refractivity contribution is 7.18. The van der Waals surface area contributed by atoms with Crippen LogP contribution in [0.4, 0.5) is 0 Å². The first-order valence-electron chi connectivity index (χ1n) is 5.82. The summed E-state index contributed by atoms with van der Waals surface area (Å²) in [7, 11) is 0. The third-order valence-corrected chi connectivity index (χ3v) is 3.69. The lowest BCUT2D eigenvalue weighted by Crippen LogP contribution is -1.94. The minimum absolute atomic E-state index is 0.778. The molecular weight excluding hydrogens is 242 g/mol. The maximum absolute atomic E-state index is 4.51. The van der Waals surface area contributed by atoms with Crippen molar-refractivity contribution in [1.82, 2.24) is 15.0 Å². The van der Waals surface area contributed by atoms with E-state index in [0.717, 1.165) is 33.3 Å². The van der Waals surface area contributed by atoms with Gasteiger partial charge in [-0.15, -0.1) is 11.3 Å². The van der Waals surface area contributed by atoms with Gasteiger partial charge in [0.1, 0.15) is 0 Å². The third kappa shape index (κ3) is 1.99. The quantitative estimate of drug-likeness (QED) is 0.666. The number of fused-ring (bicyclic) bond motifs is 1. The molecular formula is C14H13N3S. The van der Waals surface area contributed by atoms with Crippen molar-refractivity contribution in [2.75, 3.05) is 0 Å². The van der Waals surface area contributed by atoms with E-state index in [-0.39, 0.29) is 0 Å². The normalized spacial score (nSPS) is 11.1. The molecule has 0 amide bonds. The number of benzene rings is 1. The lowest BCUT2D eigenvalue weighted by Gasteiger charge is -2.03. The molecule has 0 aliphatic carbocycles. The van der Waals surface area contributed by atoms with Crippen LogP contribution in [0.5, 0.6) is 0 Å². The van der Waals surface area contributed by atoms with Crippen molar-refractivity contribution >= 4 is 21.6 Å². The summed E-state index contributed by atoms with van der Waals surface area (Å²) in [4.78, 5) is 13.5. The standard InChI is InChI=1S/C14H13N3S/c1-8-6-9(2)16-14(15-8)11-4-5-13-12(7-11)17-10(3)18-13/h4-7H,1-3H3. The fourth-order valence-electron chi connectivity index (χ4n) is 2.04. The van der Waals surface area contributed by atoms with Gasteiger partial charge >= 0.3 is 0 Å². The summed E-state index contributed by atoms with van der Waals surface area (Å²) in [6, 6.07) is 8.20.